The molecule has 2 heterocycles. The summed E-state index contributed by atoms with van der Waals surface area (Å²) in [4.78, 5) is 18.4. The third kappa shape index (κ3) is 2.46. The molecule has 3 rings (SSSR count). The first-order valence-electron chi connectivity index (χ1n) is 7.34. The highest BCUT2D eigenvalue weighted by Crippen LogP contribution is 2.32. The summed E-state index contributed by atoms with van der Waals surface area (Å²) < 4.78 is 7.20. The van der Waals surface area contributed by atoms with Crippen LogP contribution in [0, 0.1) is 0 Å². The second-order valence-corrected chi connectivity index (χ2v) is 5.72. The molecule has 1 aromatic heterocycles. The van der Waals surface area contributed by atoms with Crippen LogP contribution in [-0.4, -0.2) is 34.0 Å². The molecular formula is C16H18ClN3O2. The highest BCUT2D eigenvalue weighted by Gasteiger charge is 2.30. The van der Waals surface area contributed by atoms with E-state index in [2.05, 4.69) is 11.9 Å². The van der Waals surface area contributed by atoms with E-state index in [1.165, 1.54) is 0 Å². The summed E-state index contributed by atoms with van der Waals surface area (Å²) >= 11 is 6.07. The molecule has 0 atom stereocenters. The van der Waals surface area contributed by atoms with Crippen molar-refractivity contribution in [2.24, 2.45) is 0 Å². The molecule has 0 fully saturated rings. The molecule has 0 N–H and O–H groups in total. The van der Waals surface area contributed by atoms with E-state index in [1.807, 2.05) is 21.6 Å². The van der Waals surface area contributed by atoms with Crippen molar-refractivity contribution in [1.29, 1.82) is 0 Å². The van der Waals surface area contributed by atoms with Gasteiger partial charge in [0.15, 0.2) is 0 Å². The van der Waals surface area contributed by atoms with Crippen molar-refractivity contribution in [3.05, 3.63) is 35.2 Å². The molecule has 0 bridgehead atoms. The van der Waals surface area contributed by atoms with Gasteiger partial charge in [-0.15, -0.1) is 0 Å². The number of hydrogen-bond donors (Lipinski definition) is 0. The number of unbranched alkanes of at least 4 members (excludes halogenated alkanes) is 1. The molecule has 1 amide bonds. The standard InChI is InChI=1S/C16H18ClN3O2/c1-3-4-7-19-10-20-13(9-18-15(20)16(19)21)11-5-6-12(17)14(8-11)22-2/h5-6,8-9H,3-4,7,10H2,1-2H3. The average molecular weight is 320 g/mol. The fourth-order valence-corrected chi connectivity index (χ4v) is 2.83. The second kappa shape index (κ2) is 6.01. The molecule has 1 aromatic carbocycles. The summed E-state index contributed by atoms with van der Waals surface area (Å²) in [6, 6.07) is 5.57. The zero-order chi connectivity index (χ0) is 15.7. The quantitative estimate of drug-likeness (QED) is 0.848. The van der Waals surface area contributed by atoms with Crippen LogP contribution in [0.4, 0.5) is 0 Å². The van der Waals surface area contributed by atoms with Crippen LogP contribution >= 0.6 is 11.6 Å². The van der Waals surface area contributed by atoms with Gasteiger partial charge in [-0.25, -0.2) is 4.98 Å². The van der Waals surface area contributed by atoms with Crippen molar-refractivity contribution in [2.75, 3.05) is 13.7 Å². The number of rotatable bonds is 5. The number of amides is 1. The van der Waals surface area contributed by atoms with Crippen LogP contribution in [0.25, 0.3) is 11.3 Å². The molecule has 0 saturated carbocycles. The summed E-state index contributed by atoms with van der Waals surface area (Å²) in [5.74, 6) is 1.11. The highest BCUT2D eigenvalue weighted by atomic mass is 35.5. The Bertz CT molecular complexity index is 711. The molecule has 116 valence electrons. The maximum atomic E-state index is 12.3. The smallest absolute Gasteiger partial charge is 0.291 e. The normalized spacial score (nSPS) is 13.6. The van der Waals surface area contributed by atoms with Crippen LogP contribution in [0.5, 0.6) is 5.75 Å². The SMILES string of the molecule is CCCCN1Cn2c(-c3ccc(Cl)c(OC)c3)cnc2C1=O. The zero-order valence-corrected chi connectivity index (χ0v) is 13.4. The molecule has 0 unspecified atom stereocenters. The van der Waals surface area contributed by atoms with Crippen molar-refractivity contribution >= 4 is 17.5 Å². The summed E-state index contributed by atoms with van der Waals surface area (Å²) in [5.41, 5.74) is 1.84. The number of nitrogens with zero attached hydrogens (tertiary/aromatic N) is 3. The van der Waals surface area contributed by atoms with Crippen molar-refractivity contribution in [3.63, 3.8) is 0 Å². The first-order chi connectivity index (χ1) is 10.7. The van der Waals surface area contributed by atoms with E-state index in [0.29, 0.717) is 23.3 Å². The maximum Gasteiger partial charge on any atom is 0.291 e. The van der Waals surface area contributed by atoms with Gasteiger partial charge in [-0.2, -0.15) is 0 Å². The lowest BCUT2D eigenvalue weighted by molar-refractivity contribution is 0.0764. The Morgan fingerprint density at radius 3 is 2.95 bits per heavy atom. The molecule has 0 aliphatic carbocycles. The van der Waals surface area contributed by atoms with Gasteiger partial charge in [0.2, 0.25) is 5.82 Å². The fourth-order valence-electron chi connectivity index (χ4n) is 2.64. The zero-order valence-electron chi connectivity index (χ0n) is 12.7. The van der Waals surface area contributed by atoms with Gasteiger partial charge in [0.1, 0.15) is 5.75 Å². The second-order valence-electron chi connectivity index (χ2n) is 5.31. The maximum absolute atomic E-state index is 12.3. The Balaban J connectivity index is 1.93. The minimum atomic E-state index is 0.000582. The van der Waals surface area contributed by atoms with Crippen LogP contribution in [-0.2, 0) is 6.67 Å². The lowest BCUT2D eigenvalue weighted by Gasteiger charge is -2.15. The summed E-state index contributed by atoms with van der Waals surface area (Å²) in [6.45, 7) is 3.43. The minimum Gasteiger partial charge on any atom is -0.495 e. The Kier molecular flexibility index (Phi) is 4.07. The Morgan fingerprint density at radius 2 is 2.23 bits per heavy atom. The summed E-state index contributed by atoms with van der Waals surface area (Å²) in [5, 5.41) is 0.563. The first-order valence-corrected chi connectivity index (χ1v) is 7.72. The van der Waals surface area contributed by atoms with Crippen LogP contribution in [0.3, 0.4) is 0 Å². The van der Waals surface area contributed by atoms with Gasteiger partial charge in [0.25, 0.3) is 5.91 Å². The number of methoxy groups -OCH3 is 1. The number of hydrogen-bond acceptors (Lipinski definition) is 3. The molecule has 6 heteroatoms. The lowest BCUT2D eigenvalue weighted by Crippen LogP contribution is -2.25. The monoisotopic (exact) mass is 319 g/mol. The van der Waals surface area contributed by atoms with E-state index in [4.69, 9.17) is 16.3 Å². The molecule has 0 saturated heterocycles. The van der Waals surface area contributed by atoms with E-state index < -0.39 is 0 Å². The van der Waals surface area contributed by atoms with Crippen LogP contribution < -0.4 is 4.74 Å². The number of carbonyl (C=O) groups is 1. The summed E-state index contributed by atoms with van der Waals surface area (Å²) in [6.07, 6.45) is 3.79. The van der Waals surface area contributed by atoms with E-state index >= 15 is 0 Å². The van der Waals surface area contributed by atoms with Crippen LogP contribution in [0.15, 0.2) is 24.4 Å². The highest BCUT2D eigenvalue weighted by molar-refractivity contribution is 6.32. The largest absolute Gasteiger partial charge is 0.495 e. The Morgan fingerprint density at radius 1 is 1.41 bits per heavy atom. The van der Waals surface area contributed by atoms with Gasteiger partial charge in [-0.05, 0) is 18.6 Å². The van der Waals surface area contributed by atoms with Gasteiger partial charge in [0, 0.05) is 12.1 Å². The van der Waals surface area contributed by atoms with Gasteiger partial charge >= 0.3 is 0 Å². The van der Waals surface area contributed by atoms with E-state index in [-0.39, 0.29) is 5.91 Å². The van der Waals surface area contributed by atoms with Gasteiger partial charge < -0.3 is 14.2 Å². The number of carbonyl (C=O) groups excluding carboxylic acids is 1. The van der Waals surface area contributed by atoms with E-state index in [0.717, 1.165) is 30.6 Å². The predicted octanol–water partition coefficient (Wildman–Crippen LogP) is 3.43. The van der Waals surface area contributed by atoms with Crippen LogP contribution in [0.1, 0.15) is 30.4 Å². The number of imidazole rings is 1. The molecule has 0 spiro atoms. The van der Waals surface area contributed by atoms with Crippen molar-refractivity contribution in [1.82, 2.24) is 14.5 Å². The Hall–Kier alpha value is -2.01. The number of benzene rings is 1. The van der Waals surface area contributed by atoms with Crippen LogP contribution in [0.2, 0.25) is 5.02 Å². The third-order valence-corrected chi connectivity index (χ3v) is 4.19. The van der Waals surface area contributed by atoms with Crippen molar-refractivity contribution in [2.45, 2.75) is 26.4 Å². The molecular weight excluding hydrogens is 302 g/mol. The molecule has 2 aromatic rings. The molecule has 5 nitrogen and oxygen atoms in total. The van der Waals surface area contributed by atoms with Crippen molar-refractivity contribution in [3.8, 4) is 17.0 Å². The van der Waals surface area contributed by atoms with Gasteiger partial charge in [0.05, 0.1) is 30.7 Å². The van der Waals surface area contributed by atoms with Crippen molar-refractivity contribution < 1.29 is 9.53 Å². The lowest BCUT2D eigenvalue weighted by atomic mass is 10.1. The predicted molar refractivity (Wildman–Crippen MR) is 85.2 cm³/mol. The number of ether oxygens (including phenoxy) is 1. The Labute approximate surface area is 134 Å². The molecule has 1 aliphatic heterocycles. The minimum absolute atomic E-state index is 0.000582. The number of aromatic nitrogens is 2. The van der Waals surface area contributed by atoms with Gasteiger partial charge in [-0.3, -0.25) is 4.79 Å². The van der Waals surface area contributed by atoms with Gasteiger partial charge in [-0.1, -0.05) is 31.0 Å². The molecule has 1 aliphatic rings. The average Bonchev–Trinajstić information content (AvgIpc) is 3.07. The third-order valence-electron chi connectivity index (χ3n) is 3.87. The fraction of sp³-hybridized carbons (Fsp3) is 0.375. The number of fused-ring (bicyclic) bond motifs is 1. The molecule has 22 heavy (non-hydrogen) atoms. The topological polar surface area (TPSA) is 47.4 Å². The van der Waals surface area contributed by atoms with E-state index in [9.17, 15) is 4.79 Å². The first kappa shape index (κ1) is 14.9. The molecule has 0 radical (unpaired) electrons. The van der Waals surface area contributed by atoms with E-state index in [1.54, 1.807) is 19.4 Å². The summed E-state index contributed by atoms with van der Waals surface area (Å²) in [7, 11) is 1.59. The number of halogens is 1.